The highest BCUT2D eigenvalue weighted by Crippen LogP contribution is 2.27. The number of aliphatic carboxylic acids is 3. The molecule has 0 saturated heterocycles. The fourth-order valence-corrected chi connectivity index (χ4v) is 4.99. The van der Waals surface area contributed by atoms with E-state index in [1.165, 1.54) is 19.2 Å². The van der Waals surface area contributed by atoms with E-state index in [-0.39, 0.29) is 22.3 Å². The first kappa shape index (κ1) is 28.5. The number of hydrogen-bond acceptors (Lipinski definition) is 11. The maximum absolute atomic E-state index is 13.1. The van der Waals surface area contributed by atoms with Crippen LogP contribution in [0.15, 0.2) is 46.1 Å². The first-order valence-electron chi connectivity index (χ1n) is 11.0. The first-order chi connectivity index (χ1) is 17.9. The molecule has 1 unspecified atom stereocenters. The van der Waals surface area contributed by atoms with Crippen LogP contribution in [0, 0.1) is 5.92 Å². The number of thiazole rings is 1. The molecule has 2 aromatic rings. The lowest BCUT2D eigenvalue weighted by Crippen LogP contribution is -2.52. The maximum atomic E-state index is 13.1. The number of thioether (sulfide) groups is 1. The van der Waals surface area contributed by atoms with E-state index in [2.05, 4.69) is 20.4 Å². The highest BCUT2D eigenvalue weighted by molar-refractivity contribution is 8.00. The van der Waals surface area contributed by atoms with Crippen LogP contribution in [0.5, 0.6) is 0 Å². The van der Waals surface area contributed by atoms with E-state index in [1.54, 1.807) is 29.1 Å². The molecule has 16 heteroatoms. The molecule has 14 nitrogen and oxygen atoms in total. The van der Waals surface area contributed by atoms with Crippen molar-refractivity contribution in [3.8, 4) is 0 Å². The van der Waals surface area contributed by atoms with Gasteiger partial charge in [0.25, 0.3) is 5.91 Å². The quantitative estimate of drug-likeness (QED) is 0.140. The Bertz CT molecular complexity index is 1280. The molecule has 38 heavy (non-hydrogen) atoms. The highest BCUT2D eigenvalue weighted by atomic mass is 32.2. The van der Waals surface area contributed by atoms with E-state index in [0.29, 0.717) is 6.54 Å². The van der Waals surface area contributed by atoms with Gasteiger partial charge in [-0.3, -0.25) is 9.79 Å². The lowest BCUT2D eigenvalue weighted by molar-refractivity contribution is -0.700. The van der Waals surface area contributed by atoms with E-state index < -0.39 is 52.5 Å². The van der Waals surface area contributed by atoms with Crippen LogP contribution in [0.25, 0.3) is 0 Å². The predicted molar refractivity (Wildman–Crippen MR) is 137 cm³/mol. The maximum Gasteiger partial charge on any atom is 0.350 e. The molecule has 0 aromatic carbocycles. The van der Waals surface area contributed by atoms with Crippen LogP contribution in [-0.2, 0) is 30.6 Å². The largest absolute Gasteiger partial charge is 0.480 e. The van der Waals surface area contributed by atoms with Crippen molar-refractivity contribution in [3.05, 3.63) is 41.7 Å². The number of aromatic nitrogens is 2. The third-order valence-corrected chi connectivity index (χ3v) is 7.23. The lowest BCUT2D eigenvalue weighted by Gasteiger charge is -2.28. The van der Waals surface area contributed by atoms with Crippen molar-refractivity contribution >= 4 is 63.5 Å². The highest BCUT2D eigenvalue weighted by Gasteiger charge is 2.39. The molecule has 1 amide bonds. The molecule has 0 spiro atoms. The van der Waals surface area contributed by atoms with Gasteiger partial charge in [-0.25, -0.2) is 23.9 Å². The van der Waals surface area contributed by atoms with Crippen LogP contribution >= 0.6 is 23.1 Å². The summed E-state index contributed by atoms with van der Waals surface area (Å²) >= 11 is 2.05. The van der Waals surface area contributed by atoms with Gasteiger partial charge in [-0.15, -0.1) is 23.1 Å². The van der Waals surface area contributed by atoms with Crippen LogP contribution in [0.1, 0.15) is 19.5 Å². The second-order valence-corrected chi connectivity index (χ2v) is 10.6. The molecule has 6 N–H and O–H groups in total. The van der Waals surface area contributed by atoms with Crippen LogP contribution in [0.2, 0.25) is 0 Å². The number of carboxylic acids is 3. The Balaban J connectivity index is 1.87. The number of pyridine rings is 1. The standard InChI is InChI=1S/C22H24N6O8S2/c1-22(2,20(34)35)36-27-14(12-10-38-21(23)24-12)16(29)25-15(19(32)33)17-26-13(18(30)31)11(9-37-17)8-28-6-4-3-5-7-28/h3-7,10-11,15,17H,8-9H2,1-2H3,(H5-,23,24,25,29,30,31,32,33,34,35)/p+1/b27-14-/t11?,15-,17+/m0/s1. The Morgan fingerprint density at radius 2 is 1.92 bits per heavy atom. The summed E-state index contributed by atoms with van der Waals surface area (Å²) in [5, 5.41) is 35.1. The van der Waals surface area contributed by atoms with Gasteiger partial charge in [0.15, 0.2) is 35.8 Å². The van der Waals surface area contributed by atoms with Gasteiger partial charge in [0.2, 0.25) is 5.60 Å². The monoisotopic (exact) mass is 565 g/mol. The molecule has 2 aromatic heterocycles. The fraction of sp³-hybridized carbons (Fsp3) is 0.364. The number of aliphatic imine (C=N–C) groups is 1. The van der Waals surface area contributed by atoms with E-state index in [4.69, 9.17) is 10.6 Å². The van der Waals surface area contributed by atoms with E-state index >= 15 is 0 Å². The summed E-state index contributed by atoms with van der Waals surface area (Å²) in [7, 11) is 0. The van der Waals surface area contributed by atoms with Gasteiger partial charge in [-0.2, -0.15) is 0 Å². The minimum Gasteiger partial charge on any atom is -0.480 e. The summed E-state index contributed by atoms with van der Waals surface area (Å²) in [6, 6.07) is 3.76. The summed E-state index contributed by atoms with van der Waals surface area (Å²) in [6.07, 6.45) is 3.55. The van der Waals surface area contributed by atoms with Crippen LogP contribution in [0.4, 0.5) is 5.13 Å². The van der Waals surface area contributed by atoms with Gasteiger partial charge >= 0.3 is 17.9 Å². The number of nitrogen functional groups attached to an aromatic ring is 1. The van der Waals surface area contributed by atoms with Gasteiger partial charge < -0.3 is 31.2 Å². The van der Waals surface area contributed by atoms with Crippen molar-refractivity contribution < 1.29 is 43.9 Å². The van der Waals surface area contributed by atoms with Crippen molar-refractivity contribution in [1.29, 1.82) is 0 Å². The van der Waals surface area contributed by atoms with Crippen LogP contribution < -0.4 is 15.6 Å². The second-order valence-electron chi connectivity index (χ2n) is 8.52. The predicted octanol–water partition coefficient (Wildman–Crippen LogP) is 0.0810. The number of oxime groups is 1. The number of nitrogens with one attached hydrogen (secondary N) is 1. The third kappa shape index (κ3) is 7.04. The van der Waals surface area contributed by atoms with Crippen molar-refractivity contribution in [1.82, 2.24) is 10.3 Å². The summed E-state index contributed by atoms with van der Waals surface area (Å²) in [5.74, 6) is -5.45. The van der Waals surface area contributed by atoms with Crippen molar-refractivity contribution in [3.63, 3.8) is 0 Å². The smallest absolute Gasteiger partial charge is 0.350 e. The number of nitrogens with zero attached hydrogens (tertiary/aromatic N) is 4. The molecule has 1 aliphatic heterocycles. The van der Waals surface area contributed by atoms with E-state index in [1.807, 2.05) is 6.07 Å². The van der Waals surface area contributed by atoms with E-state index in [0.717, 1.165) is 23.1 Å². The zero-order valence-electron chi connectivity index (χ0n) is 20.2. The van der Waals surface area contributed by atoms with Gasteiger partial charge in [0.05, 0.1) is 5.92 Å². The fourth-order valence-electron chi connectivity index (χ4n) is 3.19. The minimum atomic E-state index is -1.81. The van der Waals surface area contributed by atoms with E-state index in [9.17, 15) is 34.5 Å². The summed E-state index contributed by atoms with van der Waals surface area (Å²) < 4.78 is 1.79. The van der Waals surface area contributed by atoms with Crippen molar-refractivity contribution in [2.24, 2.45) is 16.1 Å². The number of nitrogens with two attached hydrogens (primary N) is 1. The molecule has 0 aliphatic carbocycles. The average molecular weight is 566 g/mol. The topological polar surface area (TPSA) is 218 Å². The summed E-state index contributed by atoms with van der Waals surface area (Å²) in [6.45, 7) is 2.72. The Hall–Kier alpha value is -4.05. The number of carbonyl (C=O) groups excluding carboxylic acids is 1. The molecule has 0 bridgehead atoms. The van der Waals surface area contributed by atoms with Crippen LogP contribution in [0.3, 0.4) is 0 Å². The van der Waals surface area contributed by atoms with Crippen molar-refractivity contribution in [2.45, 2.75) is 37.4 Å². The third-order valence-electron chi connectivity index (χ3n) is 5.25. The second kappa shape index (κ2) is 12.0. The van der Waals surface area contributed by atoms with Gasteiger partial charge in [-0.1, -0.05) is 11.2 Å². The minimum absolute atomic E-state index is 0.0682. The molecule has 3 rings (SSSR count). The molecular weight excluding hydrogens is 540 g/mol. The summed E-state index contributed by atoms with van der Waals surface area (Å²) in [4.78, 5) is 61.7. The zero-order chi connectivity index (χ0) is 28.0. The molecule has 1 aliphatic rings. The van der Waals surface area contributed by atoms with Crippen molar-refractivity contribution in [2.75, 3.05) is 11.5 Å². The number of carboxylic acid groups (broad SMARTS) is 3. The number of amides is 1. The Morgan fingerprint density at radius 3 is 2.47 bits per heavy atom. The number of hydrogen-bond donors (Lipinski definition) is 5. The van der Waals surface area contributed by atoms with Gasteiger partial charge in [0, 0.05) is 23.3 Å². The lowest BCUT2D eigenvalue weighted by atomic mass is 10.0. The molecule has 0 radical (unpaired) electrons. The molecule has 0 fully saturated rings. The number of rotatable bonds is 11. The molecular formula is C22H25N6O8S2+. The Labute approximate surface area is 224 Å². The first-order valence-corrected chi connectivity index (χ1v) is 12.9. The SMILES string of the molecule is CC(C)(O/N=C(\C(=O)N[C@H](C(=O)O)[C@@H]1N=C(C(=O)O)C(C[n+]2ccccc2)CS1)c1csc(N)n1)C(=O)O. The molecule has 202 valence electrons. The normalized spacial score (nSPS) is 18.7. The molecule has 3 heterocycles. The summed E-state index contributed by atoms with van der Waals surface area (Å²) in [5.41, 5.74) is 3.03. The Morgan fingerprint density at radius 1 is 1.24 bits per heavy atom. The Kier molecular flexibility index (Phi) is 9.00. The molecule has 3 atom stereocenters. The van der Waals surface area contributed by atoms with Gasteiger partial charge in [0.1, 0.15) is 16.8 Å². The van der Waals surface area contributed by atoms with Crippen LogP contribution in [-0.4, -0.2) is 78.3 Å². The zero-order valence-corrected chi connectivity index (χ0v) is 21.8. The average Bonchev–Trinajstić information content (AvgIpc) is 3.29. The van der Waals surface area contributed by atoms with Gasteiger partial charge in [-0.05, 0) is 13.8 Å². The number of anilines is 1. The molecule has 0 saturated carbocycles. The number of carbonyl (C=O) groups is 4.